The Kier molecular flexibility index (Phi) is 4.26. The Labute approximate surface area is 103 Å². The van der Waals surface area contributed by atoms with Gasteiger partial charge in [-0.05, 0) is 30.2 Å². The maximum atomic E-state index is 5.56. The van der Waals surface area contributed by atoms with E-state index in [1.807, 2.05) is 6.07 Å². The molecule has 0 saturated carbocycles. The van der Waals surface area contributed by atoms with E-state index < -0.39 is 0 Å². The molecule has 0 aromatic heterocycles. The summed E-state index contributed by atoms with van der Waals surface area (Å²) < 4.78 is 11.1. The fraction of sp³-hybridized carbons (Fsp3) is 0.571. The molecule has 1 aliphatic rings. The molecule has 94 valence electrons. The average Bonchev–Trinajstić information content (AvgIpc) is 2.38. The Balaban J connectivity index is 1.89. The van der Waals surface area contributed by atoms with Crippen molar-refractivity contribution >= 4 is 0 Å². The molecule has 2 rings (SSSR count). The molecular formula is C14H21NO2. The van der Waals surface area contributed by atoms with Crippen LogP contribution in [0.15, 0.2) is 18.2 Å². The molecule has 1 heterocycles. The third-order valence-electron chi connectivity index (χ3n) is 3.13. The van der Waals surface area contributed by atoms with Gasteiger partial charge in [-0.25, -0.2) is 0 Å². The summed E-state index contributed by atoms with van der Waals surface area (Å²) in [6, 6.07) is 6.16. The van der Waals surface area contributed by atoms with Crippen LogP contribution in [0.4, 0.5) is 0 Å². The van der Waals surface area contributed by atoms with Gasteiger partial charge < -0.3 is 14.8 Å². The van der Waals surface area contributed by atoms with Crippen molar-refractivity contribution in [3.63, 3.8) is 0 Å². The highest BCUT2D eigenvalue weighted by atomic mass is 16.6. The van der Waals surface area contributed by atoms with Crippen LogP contribution in [0.25, 0.3) is 0 Å². The smallest absolute Gasteiger partial charge is 0.161 e. The first-order valence-corrected chi connectivity index (χ1v) is 6.39. The first-order valence-electron chi connectivity index (χ1n) is 6.39. The molecule has 1 aromatic carbocycles. The van der Waals surface area contributed by atoms with Gasteiger partial charge in [-0.1, -0.05) is 26.3 Å². The van der Waals surface area contributed by atoms with Gasteiger partial charge in [0.15, 0.2) is 11.5 Å². The topological polar surface area (TPSA) is 30.5 Å². The third-order valence-corrected chi connectivity index (χ3v) is 3.13. The predicted octanol–water partition coefficient (Wildman–Crippen LogP) is 2.59. The highest BCUT2D eigenvalue weighted by Gasteiger charge is 2.11. The van der Waals surface area contributed by atoms with E-state index >= 15 is 0 Å². The van der Waals surface area contributed by atoms with Crippen LogP contribution in [0.1, 0.15) is 25.8 Å². The molecule has 0 aliphatic carbocycles. The Morgan fingerprint density at radius 2 is 2.00 bits per heavy atom. The van der Waals surface area contributed by atoms with Crippen LogP contribution in [0.5, 0.6) is 11.5 Å². The second kappa shape index (κ2) is 5.92. The fourth-order valence-electron chi connectivity index (χ4n) is 1.80. The summed E-state index contributed by atoms with van der Waals surface area (Å²) >= 11 is 0. The molecule has 0 radical (unpaired) electrons. The molecule has 0 amide bonds. The van der Waals surface area contributed by atoms with Gasteiger partial charge in [0, 0.05) is 6.54 Å². The highest BCUT2D eigenvalue weighted by molar-refractivity contribution is 5.43. The number of benzene rings is 1. The van der Waals surface area contributed by atoms with Crippen LogP contribution in [0.2, 0.25) is 0 Å². The average molecular weight is 235 g/mol. The van der Waals surface area contributed by atoms with Crippen LogP contribution in [-0.4, -0.2) is 19.8 Å². The Hall–Kier alpha value is -1.22. The molecule has 0 fully saturated rings. The largest absolute Gasteiger partial charge is 0.486 e. The first-order chi connectivity index (χ1) is 8.29. The molecule has 0 bridgehead atoms. The zero-order valence-electron chi connectivity index (χ0n) is 10.7. The monoisotopic (exact) mass is 235 g/mol. The number of hydrogen-bond acceptors (Lipinski definition) is 3. The molecule has 0 spiro atoms. The summed E-state index contributed by atoms with van der Waals surface area (Å²) in [5, 5.41) is 3.46. The van der Waals surface area contributed by atoms with Crippen molar-refractivity contribution in [3.8, 4) is 11.5 Å². The third kappa shape index (κ3) is 3.37. The zero-order valence-corrected chi connectivity index (χ0v) is 10.7. The lowest BCUT2D eigenvalue weighted by atomic mass is 10.1. The van der Waals surface area contributed by atoms with E-state index in [9.17, 15) is 0 Å². The van der Waals surface area contributed by atoms with Crippen molar-refractivity contribution in [3.05, 3.63) is 23.8 Å². The van der Waals surface area contributed by atoms with Crippen molar-refractivity contribution in [1.29, 1.82) is 0 Å². The Morgan fingerprint density at radius 1 is 1.24 bits per heavy atom. The quantitative estimate of drug-likeness (QED) is 0.851. The number of rotatable bonds is 5. The number of hydrogen-bond donors (Lipinski definition) is 1. The molecule has 1 aliphatic heterocycles. The van der Waals surface area contributed by atoms with E-state index in [2.05, 4.69) is 31.3 Å². The molecule has 3 heteroatoms. The molecule has 1 unspecified atom stereocenters. The lowest BCUT2D eigenvalue weighted by Crippen LogP contribution is -2.20. The van der Waals surface area contributed by atoms with E-state index in [-0.39, 0.29) is 0 Å². The fourth-order valence-corrected chi connectivity index (χ4v) is 1.80. The van der Waals surface area contributed by atoms with Gasteiger partial charge in [0.05, 0.1) is 0 Å². The second-order valence-electron chi connectivity index (χ2n) is 4.62. The summed E-state index contributed by atoms with van der Waals surface area (Å²) in [5.74, 6) is 2.47. The van der Waals surface area contributed by atoms with Crippen LogP contribution < -0.4 is 14.8 Å². The Bertz CT molecular complexity index is 365. The predicted molar refractivity (Wildman–Crippen MR) is 68.6 cm³/mol. The van der Waals surface area contributed by atoms with E-state index in [0.29, 0.717) is 13.2 Å². The number of nitrogens with one attached hydrogen (secondary N) is 1. The summed E-state index contributed by atoms with van der Waals surface area (Å²) in [5.41, 5.74) is 1.25. The van der Waals surface area contributed by atoms with Crippen LogP contribution in [-0.2, 0) is 6.54 Å². The van der Waals surface area contributed by atoms with Crippen LogP contribution in [0, 0.1) is 5.92 Å². The van der Waals surface area contributed by atoms with E-state index in [0.717, 1.165) is 30.5 Å². The van der Waals surface area contributed by atoms with Crippen LogP contribution in [0.3, 0.4) is 0 Å². The van der Waals surface area contributed by atoms with Gasteiger partial charge >= 0.3 is 0 Å². The summed E-state index contributed by atoms with van der Waals surface area (Å²) in [6.07, 6.45) is 1.22. The molecule has 1 N–H and O–H groups in total. The van der Waals surface area contributed by atoms with Crippen molar-refractivity contribution in [1.82, 2.24) is 5.32 Å². The molecule has 1 aromatic rings. The molecule has 0 saturated heterocycles. The maximum absolute atomic E-state index is 5.56. The SMILES string of the molecule is CCC(C)CNCc1ccc2c(c1)OCCO2. The molecular weight excluding hydrogens is 214 g/mol. The van der Waals surface area contributed by atoms with Crippen molar-refractivity contribution in [2.75, 3.05) is 19.8 Å². The van der Waals surface area contributed by atoms with Gasteiger partial charge in [0.25, 0.3) is 0 Å². The van der Waals surface area contributed by atoms with Gasteiger partial charge in [-0.2, -0.15) is 0 Å². The van der Waals surface area contributed by atoms with E-state index in [4.69, 9.17) is 9.47 Å². The van der Waals surface area contributed by atoms with E-state index in [1.54, 1.807) is 0 Å². The number of ether oxygens (including phenoxy) is 2. The van der Waals surface area contributed by atoms with Crippen molar-refractivity contribution in [2.45, 2.75) is 26.8 Å². The van der Waals surface area contributed by atoms with Gasteiger partial charge in [-0.15, -0.1) is 0 Å². The normalized spacial score (nSPS) is 15.6. The minimum absolute atomic E-state index is 0.650. The minimum Gasteiger partial charge on any atom is -0.486 e. The van der Waals surface area contributed by atoms with Gasteiger partial charge in [0.1, 0.15) is 13.2 Å². The maximum Gasteiger partial charge on any atom is 0.161 e. The van der Waals surface area contributed by atoms with Crippen LogP contribution >= 0.6 is 0 Å². The highest BCUT2D eigenvalue weighted by Crippen LogP contribution is 2.30. The van der Waals surface area contributed by atoms with Crippen molar-refractivity contribution in [2.24, 2.45) is 5.92 Å². The molecule has 3 nitrogen and oxygen atoms in total. The lowest BCUT2D eigenvalue weighted by Gasteiger charge is -2.19. The summed E-state index contributed by atoms with van der Waals surface area (Å²) in [7, 11) is 0. The molecule has 17 heavy (non-hydrogen) atoms. The van der Waals surface area contributed by atoms with Gasteiger partial charge in [-0.3, -0.25) is 0 Å². The number of fused-ring (bicyclic) bond motifs is 1. The second-order valence-corrected chi connectivity index (χ2v) is 4.62. The zero-order chi connectivity index (χ0) is 12.1. The summed E-state index contributed by atoms with van der Waals surface area (Å²) in [4.78, 5) is 0. The summed E-state index contributed by atoms with van der Waals surface area (Å²) in [6.45, 7) is 7.73. The minimum atomic E-state index is 0.650. The lowest BCUT2D eigenvalue weighted by molar-refractivity contribution is 0.171. The standard InChI is InChI=1S/C14H21NO2/c1-3-11(2)9-15-10-12-4-5-13-14(8-12)17-7-6-16-13/h4-5,8,11,15H,3,6-7,9-10H2,1-2H3. The van der Waals surface area contributed by atoms with Crippen molar-refractivity contribution < 1.29 is 9.47 Å². The van der Waals surface area contributed by atoms with E-state index in [1.165, 1.54) is 12.0 Å². The Morgan fingerprint density at radius 3 is 2.76 bits per heavy atom. The van der Waals surface area contributed by atoms with Gasteiger partial charge in [0.2, 0.25) is 0 Å². The first kappa shape index (κ1) is 12.2. The molecule has 1 atom stereocenters.